The summed E-state index contributed by atoms with van der Waals surface area (Å²) in [5.74, 6) is 0. The number of hydroxylamine groups is 2. The number of ether oxygens (including phenoxy) is 1. The molecule has 0 heterocycles. The normalized spacial score (nSPS) is 12.7. The lowest BCUT2D eigenvalue weighted by Crippen LogP contribution is -2.39. The summed E-state index contributed by atoms with van der Waals surface area (Å²) in [7, 11) is -1.42. The number of carbonyl (C=O) groups is 1. The van der Waals surface area contributed by atoms with Crippen LogP contribution in [0.3, 0.4) is 0 Å². The van der Waals surface area contributed by atoms with E-state index in [0.717, 1.165) is 12.7 Å². The Hall–Kier alpha value is -2.27. The smallest absolute Gasteiger partial charge is 0.442 e. The van der Waals surface area contributed by atoms with Crippen molar-refractivity contribution >= 4 is 41.1 Å². The highest BCUT2D eigenvalue weighted by Crippen LogP contribution is 2.25. The number of nitrogens with one attached hydrogen (secondary N) is 1. The molecule has 0 fully saturated rings. The molecule has 0 saturated heterocycles. The molecule has 2 rings (SSSR count). The number of benzene rings is 2. The number of anilines is 1. The molecule has 167 valence electrons. The zero-order valence-corrected chi connectivity index (χ0v) is 19.5. The van der Waals surface area contributed by atoms with Crippen LogP contribution in [-0.4, -0.2) is 40.0 Å². The third kappa shape index (κ3) is 7.43. The highest BCUT2D eigenvalue weighted by molar-refractivity contribution is 7.92. The van der Waals surface area contributed by atoms with E-state index in [2.05, 4.69) is 4.72 Å². The molecule has 1 radical (unpaired) electrons. The molecule has 0 bridgehead atoms. The summed E-state index contributed by atoms with van der Waals surface area (Å²) in [6.07, 6.45) is -0.714. The Morgan fingerprint density at radius 2 is 1.68 bits per heavy atom. The van der Waals surface area contributed by atoms with Gasteiger partial charge in [0, 0.05) is 17.8 Å². The van der Waals surface area contributed by atoms with Gasteiger partial charge in [0.2, 0.25) is 0 Å². The average Bonchev–Trinajstić information content (AvgIpc) is 2.68. The maximum Gasteiger partial charge on any atom is 0.514 e. The first kappa shape index (κ1) is 25.0. The monoisotopic (exact) mass is 467 g/mol. The molecule has 2 aromatic carbocycles. The first-order valence-corrected chi connectivity index (χ1v) is 11.2. The van der Waals surface area contributed by atoms with Gasteiger partial charge in [-0.2, -0.15) is 5.06 Å². The second kappa shape index (κ2) is 10.4. The van der Waals surface area contributed by atoms with E-state index in [4.69, 9.17) is 25.7 Å². The van der Waals surface area contributed by atoms with Crippen LogP contribution in [0.5, 0.6) is 0 Å². The molecule has 1 N–H and O–H groups in total. The zero-order chi connectivity index (χ0) is 23.2. The molecule has 0 aliphatic heterocycles. The van der Waals surface area contributed by atoms with Crippen molar-refractivity contribution in [3.63, 3.8) is 0 Å². The van der Waals surface area contributed by atoms with Gasteiger partial charge in [-0.05, 0) is 69.7 Å². The van der Waals surface area contributed by atoms with Crippen molar-refractivity contribution in [3.05, 3.63) is 59.1 Å². The third-order valence-corrected chi connectivity index (χ3v) is 5.60. The number of halogens is 1. The van der Waals surface area contributed by atoms with Crippen molar-refractivity contribution < 1.29 is 27.4 Å². The molecule has 8 nitrogen and oxygen atoms in total. The molecule has 0 aliphatic rings. The first-order valence-electron chi connectivity index (χ1n) is 9.35. The van der Waals surface area contributed by atoms with Crippen molar-refractivity contribution in [2.75, 3.05) is 11.8 Å². The average molecular weight is 468 g/mol. The van der Waals surface area contributed by atoms with Crippen LogP contribution in [-0.2, 0) is 24.2 Å². The van der Waals surface area contributed by atoms with Gasteiger partial charge >= 0.3 is 13.8 Å². The Morgan fingerprint density at radius 3 is 2.19 bits per heavy atom. The van der Waals surface area contributed by atoms with Crippen molar-refractivity contribution in [2.24, 2.45) is 0 Å². The summed E-state index contributed by atoms with van der Waals surface area (Å²) in [5.41, 5.74) is 0.291. The van der Waals surface area contributed by atoms with Gasteiger partial charge in [-0.3, -0.25) is 9.48 Å². The summed E-state index contributed by atoms with van der Waals surface area (Å²) in [4.78, 5) is 12.6. The standard InChI is InChI=1S/C20H25BClN2O6S/c1-14(24(30-21-28-5)19(25)29-20(2,3)4)15-6-12-18(13-7-15)31(26,27)23-17-10-8-16(22)9-11-17/h6-14,23H,1-5H3. The summed E-state index contributed by atoms with van der Waals surface area (Å²) in [6, 6.07) is 11.8. The molecule has 1 amide bonds. The van der Waals surface area contributed by atoms with E-state index in [0.29, 0.717) is 16.3 Å². The fourth-order valence-corrected chi connectivity index (χ4v) is 3.67. The van der Waals surface area contributed by atoms with E-state index >= 15 is 0 Å². The number of carbonyl (C=O) groups excluding carboxylic acids is 1. The van der Waals surface area contributed by atoms with Crippen molar-refractivity contribution in [1.82, 2.24) is 5.06 Å². The van der Waals surface area contributed by atoms with E-state index in [9.17, 15) is 13.2 Å². The third-order valence-electron chi connectivity index (χ3n) is 3.95. The molecule has 31 heavy (non-hydrogen) atoms. The van der Waals surface area contributed by atoms with Gasteiger partial charge in [0.1, 0.15) is 5.60 Å². The molecule has 0 spiro atoms. The van der Waals surface area contributed by atoms with Crippen LogP contribution in [0.2, 0.25) is 5.02 Å². The Morgan fingerprint density at radius 1 is 1.10 bits per heavy atom. The van der Waals surface area contributed by atoms with E-state index in [-0.39, 0.29) is 4.90 Å². The molecule has 1 atom stereocenters. The van der Waals surface area contributed by atoms with Gasteiger partial charge in [0.05, 0.1) is 10.9 Å². The first-order chi connectivity index (χ1) is 14.4. The van der Waals surface area contributed by atoms with E-state index < -0.39 is 27.8 Å². The second-order valence-corrected chi connectivity index (χ2v) is 9.72. The molecule has 11 heteroatoms. The van der Waals surface area contributed by atoms with Crippen LogP contribution in [0.1, 0.15) is 39.3 Å². The molecular weight excluding hydrogens is 443 g/mol. The van der Waals surface area contributed by atoms with Gasteiger partial charge in [-0.25, -0.2) is 13.2 Å². The number of hydrogen-bond donors (Lipinski definition) is 1. The fraction of sp³-hybridized carbons (Fsp3) is 0.350. The van der Waals surface area contributed by atoms with Crippen LogP contribution in [0, 0.1) is 0 Å². The summed E-state index contributed by atoms with van der Waals surface area (Å²) in [6.45, 7) is 6.92. The number of hydrogen-bond acceptors (Lipinski definition) is 6. The molecule has 0 aromatic heterocycles. The van der Waals surface area contributed by atoms with Gasteiger partial charge in [-0.15, -0.1) is 0 Å². The highest BCUT2D eigenvalue weighted by Gasteiger charge is 2.29. The van der Waals surface area contributed by atoms with Gasteiger partial charge in [-0.1, -0.05) is 23.7 Å². The summed E-state index contributed by atoms with van der Waals surface area (Å²) in [5, 5.41) is 1.51. The molecule has 1 unspecified atom stereocenters. The summed E-state index contributed by atoms with van der Waals surface area (Å²) < 4.78 is 43.2. The lowest BCUT2D eigenvalue weighted by Gasteiger charge is -2.30. The maximum absolute atomic E-state index is 12.6. The van der Waals surface area contributed by atoms with Gasteiger partial charge in [0.25, 0.3) is 10.0 Å². The number of amides is 1. The fourth-order valence-electron chi connectivity index (χ4n) is 2.48. The largest absolute Gasteiger partial charge is 0.514 e. The minimum absolute atomic E-state index is 0.0617. The van der Waals surface area contributed by atoms with Crippen molar-refractivity contribution in [1.29, 1.82) is 0 Å². The Labute approximate surface area is 188 Å². The van der Waals surface area contributed by atoms with Crippen LogP contribution < -0.4 is 4.72 Å². The predicted octanol–water partition coefficient (Wildman–Crippen LogP) is 4.55. The van der Waals surface area contributed by atoms with Crippen molar-refractivity contribution in [2.45, 2.75) is 44.2 Å². The minimum atomic E-state index is -3.80. The Kier molecular flexibility index (Phi) is 8.36. The topological polar surface area (TPSA) is 94.2 Å². The lowest BCUT2D eigenvalue weighted by molar-refractivity contribution is -0.103. The second-order valence-electron chi connectivity index (χ2n) is 7.60. The molecular formula is C20H25BClN2O6S. The van der Waals surface area contributed by atoms with E-state index in [1.54, 1.807) is 64.1 Å². The number of sulfonamides is 1. The molecule has 0 saturated carbocycles. The quantitative estimate of drug-likeness (QED) is 0.452. The van der Waals surface area contributed by atoms with Crippen LogP contribution in [0.4, 0.5) is 10.5 Å². The zero-order valence-electron chi connectivity index (χ0n) is 18.0. The predicted molar refractivity (Wildman–Crippen MR) is 119 cm³/mol. The van der Waals surface area contributed by atoms with E-state index in [1.165, 1.54) is 19.2 Å². The van der Waals surface area contributed by atoms with Crippen molar-refractivity contribution in [3.8, 4) is 0 Å². The Balaban J connectivity index is 2.20. The molecule has 2 aromatic rings. The number of nitrogens with zero attached hydrogens (tertiary/aromatic N) is 1. The minimum Gasteiger partial charge on any atom is -0.442 e. The lowest BCUT2D eigenvalue weighted by atomic mass is 10.1. The SMILES string of the molecule is CO[B]ON(C(=O)OC(C)(C)C)C(C)c1ccc(S(=O)(=O)Nc2ccc(Cl)cc2)cc1. The van der Waals surface area contributed by atoms with Crippen LogP contribution in [0.25, 0.3) is 0 Å². The van der Waals surface area contributed by atoms with Gasteiger partial charge < -0.3 is 9.39 Å². The molecule has 0 aliphatic carbocycles. The van der Waals surface area contributed by atoms with Crippen LogP contribution in [0.15, 0.2) is 53.4 Å². The Bertz CT molecular complexity index is 978. The van der Waals surface area contributed by atoms with Crippen LogP contribution >= 0.6 is 11.6 Å². The highest BCUT2D eigenvalue weighted by atomic mass is 35.5. The number of rotatable bonds is 8. The maximum atomic E-state index is 12.6. The van der Waals surface area contributed by atoms with Gasteiger partial charge in [0.15, 0.2) is 0 Å². The van der Waals surface area contributed by atoms with E-state index in [1.807, 2.05) is 0 Å². The summed E-state index contributed by atoms with van der Waals surface area (Å²) >= 11 is 5.83.